The number of hydrogen-bond acceptors (Lipinski definition) is 2. The molecule has 1 aromatic carbocycles. The van der Waals surface area contributed by atoms with E-state index in [0.29, 0.717) is 5.56 Å². The predicted octanol–water partition coefficient (Wildman–Crippen LogP) is 2.45. The highest BCUT2D eigenvalue weighted by molar-refractivity contribution is 5.85. The van der Waals surface area contributed by atoms with Crippen LogP contribution in [-0.4, -0.2) is 5.11 Å². The van der Waals surface area contributed by atoms with Crippen LogP contribution in [0.5, 0.6) is 5.75 Å². The Bertz CT molecular complexity index is 341. The molecule has 1 rings (SSSR count). The van der Waals surface area contributed by atoms with Gasteiger partial charge in [0.15, 0.2) is 0 Å². The topological polar surface area (TPSA) is 46.2 Å². The number of hydrogen-bond donors (Lipinski definition) is 2. The maximum atomic E-state index is 13.2. The second kappa shape index (κ2) is 4.98. The molecule has 0 aromatic heterocycles. The SMILES string of the molecule is C=C[C@@H](N)c1c(F)ccc(C)c1O.Cl. The Labute approximate surface area is 88.7 Å². The normalized spacial score (nSPS) is 11.6. The number of nitrogens with two attached hydrogens (primary N) is 1. The molecule has 0 heterocycles. The van der Waals surface area contributed by atoms with Gasteiger partial charge in [-0.05, 0) is 18.6 Å². The van der Waals surface area contributed by atoms with Crippen molar-refractivity contribution in [2.75, 3.05) is 0 Å². The fourth-order valence-electron chi connectivity index (χ4n) is 1.13. The molecular formula is C10H13ClFNO. The van der Waals surface area contributed by atoms with E-state index in [2.05, 4.69) is 6.58 Å². The number of rotatable bonds is 2. The minimum atomic E-state index is -0.667. The zero-order valence-electron chi connectivity index (χ0n) is 7.83. The summed E-state index contributed by atoms with van der Waals surface area (Å²) in [5.41, 5.74) is 6.26. The lowest BCUT2D eigenvalue weighted by molar-refractivity contribution is 0.451. The van der Waals surface area contributed by atoms with Crippen LogP contribution in [0.4, 0.5) is 4.39 Å². The molecule has 0 amide bonds. The van der Waals surface area contributed by atoms with E-state index in [1.165, 1.54) is 18.2 Å². The van der Waals surface area contributed by atoms with Crippen LogP contribution in [0.3, 0.4) is 0 Å². The summed E-state index contributed by atoms with van der Waals surface area (Å²) in [5.74, 6) is -0.595. The summed E-state index contributed by atoms with van der Waals surface area (Å²) in [4.78, 5) is 0. The Hall–Kier alpha value is -1.06. The molecule has 0 aliphatic carbocycles. The van der Waals surface area contributed by atoms with Gasteiger partial charge in [0.25, 0.3) is 0 Å². The second-order valence-corrected chi connectivity index (χ2v) is 2.89. The standard InChI is InChI=1S/C10H12FNO.ClH/c1-3-8(12)9-7(11)5-4-6(2)10(9)13;/h3-5,8,13H,1,12H2,2H3;1H/t8-;/m1./s1. The number of phenols is 1. The second-order valence-electron chi connectivity index (χ2n) is 2.89. The number of aromatic hydroxyl groups is 1. The van der Waals surface area contributed by atoms with Crippen molar-refractivity contribution in [3.8, 4) is 5.75 Å². The Morgan fingerprint density at radius 1 is 1.57 bits per heavy atom. The molecule has 14 heavy (non-hydrogen) atoms. The lowest BCUT2D eigenvalue weighted by Gasteiger charge is -2.11. The first-order valence-electron chi connectivity index (χ1n) is 3.94. The number of phenolic OH excluding ortho intramolecular Hbond substituents is 1. The fourth-order valence-corrected chi connectivity index (χ4v) is 1.13. The Kier molecular flexibility index (Phi) is 4.60. The van der Waals surface area contributed by atoms with Crippen LogP contribution in [-0.2, 0) is 0 Å². The van der Waals surface area contributed by atoms with Crippen molar-refractivity contribution in [1.29, 1.82) is 0 Å². The molecule has 78 valence electrons. The quantitative estimate of drug-likeness (QED) is 0.748. The first kappa shape index (κ1) is 12.9. The van der Waals surface area contributed by atoms with Crippen LogP contribution in [0, 0.1) is 12.7 Å². The summed E-state index contributed by atoms with van der Waals surface area (Å²) < 4.78 is 13.2. The summed E-state index contributed by atoms with van der Waals surface area (Å²) in [6, 6.07) is 2.12. The summed E-state index contributed by atoms with van der Waals surface area (Å²) in [6.45, 7) is 5.13. The highest BCUT2D eigenvalue weighted by Gasteiger charge is 2.14. The monoisotopic (exact) mass is 217 g/mol. The average Bonchev–Trinajstić information content (AvgIpc) is 2.12. The number of aryl methyl sites for hydroxylation is 1. The predicted molar refractivity (Wildman–Crippen MR) is 57.2 cm³/mol. The molecule has 0 radical (unpaired) electrons. The van der Waals surface area contributed by atoms with Crippen LogP contribution in [0.1, 0.15) is 17.2 Å². The van der Waals surface area contributed by atoms with Crippen molar-refractivity contribution >= 4 is 12.4 Å². The van der Waals surface area contributed by atoms with Gasteiger partial charge in [-0.2, -0.15) is 0 Å². The van der Waals surface area contributed by atoms with Crippen LogP contribution < -0.4 is 5.73 Å². The molecule has 2 nitrogen and oxygen atoms in total. The molecule has 4 heteroatoms. The zero-order chi connectivity index (χ0) is 10.0. The van der Waals surface area contributed by atoms with Crippen molar-refractivity contribution < 1.29 is 9.50 Å². The lowest BCUT2D eigenvalue weighted by atomic mass is 10.0. The molecular weight excluding hydrogens is 205 g/mol. The minimum Gasteiger partial charge on any atom is -0.507 e. The summed E-state index contributed by atoms with van der Waals surface area (Å²) in [6.07, 6.45) is 1.39. The van der Waals surface area contributed by atoms with Crippen molar-refractivity contribution in [1.82, 2.24) is 0 Å². The van der Waals surface area contributed by atoms with E-state index in [0.717, 1.165) is 0 Å². The fraction of sp³-hybridized carbons (Fsp3) is 0.200. The minimum absolute atomic E-state index is 0. The van der Waals surface area contributed by atoms with Gasteiger partial charge in [-0.1, -0.05) is 12.1 Å². The summed E-state index contributed by atoms with van der Waals surface area (Å²) in [5, 5.41) is 9.51. The van der Waals surface area contributed by atoms with Crippen molar-refractivity contribution in [2.24, 2.45) is 5.73 Å². The van der Waals surface area contributed by atoms with E-state index in [-0.39, 0.29) is 23.7 Å². The van der Waals surface area contributed by atoms with E-state index in [1.54, 1.807) is 6.92 Å². The molecule has 1 aromatic rings. The van der Waals surface area contributed by atoms with Crippen molar-refractivity contribution in [2.45, 2.75) is 13.0 Å². The molecule has 0 aliphatic rings. The Balaban J connectivity index is 0.00000169. The van der Waals surface area contributed by atoms with Crippen LogP contribution >= 0.6 is 12.4 Å². The third-order valence-electron chi connectivity index (χ3n) is 1.95. The highest BCUT2D eigenvalue weighted by atomic mass is 35.5. The van der Waals surface area contributed by atoms with Gasteiger partial charge in [0.1, 0.15) is 11.6 Å². The van der Waals surface area contributed by atoms with Crippen molar-refractivity contribution in [3.63, 3.8) is 0 Å². The van der Waals surface area contributed by atoms with Gasteiger partial charge < -0.3 is 10.8 Å². The number of halogens is 2. The molecule has 0 unspecified atom stereocenters. The largest absolute Gasteiger partial charge is 0.507 e. The van der Waals surface area contributed by atoms with Gasteiger partial charge >= 0.3 is 0 Å². The van der Waals surface area contributed by atoms with Gasteiger partial charge in [0, 0.05) is 0 Å². The highest BCUT2D eigenvalue weighted by Crippen LogP contribution is 2.29. The molecule has 0 aliphatic heterocycles. The molecule has 0 saturated heterocycles. The van der Waals surface area contributed by atoms with Gasteiger partial charge in [0.05, 0.1) is 11.6 Å². The molecule has 3 N–H and O–H groups in total. The van der Waals surface area contributed by atoms with Gasteiger partial charge in [-0.15, -0.1) is 19.0 Å². The molecule has 0 bridgehead atoms. The van der Waals surface area contributed by atoms with E-state index in [9.17, 15) is 9.50 Å². The molecule has 0 saturated carbocycles. The van der Waals surface area contributed by atoms with Crippen molar-refractivity contribution in [3.05, 3.63) is 41.7 Å². The first-order chi connectivity index (χ1) is 6.07. The maximum Gasteiger partial charge on any atom is 0.132 e. The van der Waals surface area contributed by atoms with Crippen LogP contribution in [0.15, 0.2) is 24.8 Å². The summed E-state index contributed by atoms with van der Waals surface area (Å²) >= 11 is 0. The average molecular weight is 218 g/mol. The molecule has 0 fully saturated rings. The van der Waals surface area contributed by atoms with E-state index in [4.69, 9.17) is 5.73 Å². The third kappa shape index (κ3) is 2.25. The van der Waals surface area contributed by atoms with Crippen LogP contribution in [0.2, 0.25) is 0 Å². The summed E-state index contributed by atoms with van der Waals surface area (Å²) in [7, 11) is 0. The lowest BCUT2D eigenvalue weighted by Crippen LogP contribution is -2.09. The maximum absolute atomic E-state index is 13.2. The smallest absolute Gasteiger partial charge is 0.132 e. The molecule has 1 atom stereocenters. The third-order valence-corrected chi connectivity index (χ3v) is 1.95. The van der Waals surface area contributed by atoms with E-state index < -0.39 is 11.9 Å². The van der Waals surface area contributed by atoms with E-state index in [1.807, 2.05) is 0 Å². The van der Waals surface area contributed by atoms with Gasteiger partial charge in [-0.25, -0.2) is 4.39 Å². The zero-order valence-corrected chi connectivity index (χ0v) is 8.64. The van der Waals surface area contributed by atoms with Gasteiger partial charge in [0.2, 0.25) is 0 Å². The number of benzene rings is 1. The Morgan fingerprint density at radius 3 is 2.64 bits per heavy atom. The van der Waals surface area contributed by atoms with Crippen LogP contribution in [0.25, 0.3) is 0 Å². The Morgan fingerprint density at radius 2 is 2.14 bits per heavy atom. The van der Waals surface area contributed by atoms with E-state index >= 15 is 0 Å². The molecule has 0 spiro atoms. The van der Waals surface area contributed by atoms with Gasteiger partial charge in [-0.3, -0.25) is 0 Å². The first-order valence-corrected chi connectivity index (χ1v) is 3.94.